The Labute approximate surface area is 180 Å². The third-order valence-corrected chi connectivity index (χ3v) is 5.25. The van der Waals surface area contributed by atoms with Crippen molar-refractivity contribution in [1.82, 2.24) is 4.90 Å². The zero-order valence-corrected chi connectivity index (χ0v) is 17.5. The highest BCUT2D eigenvalue weighted by Gasteiger charge is 2.24. The molecular weight excluding hydrogens is 396 g/mol. The monoisotopic (exact) mass is 420 g/mol. The van der Waals surface area contributed by atoms with Gasteiger partial charge >= 0.3 is 0 Å². The van der Waals surface area contributed by atoms with Gasteiger partial charge in [-0.05, 0) is 48.5 Å². The van der Waals surface area contributed by atoms with Gasteiger partial charge in [0.2, 0.25) is 5.91 Å². The molecule has 0 fully saturated rings. The third-order valence-electron chi connectivity index (χ3n) is 5.25. The Hall–Kier alpha value is -3.58. The summed E-state index contributed by atoms with van der Waals surface area (Å²) in [6, 6.07) is 16.5. The van der Waals surface area contributed by atoms with Gasteiger partial charge in [0.25, 0.3) is 5.91 Å². The molecule has 1 N–H and O–H groups in total. The number of hydrogen-bond donors (Lipinski definition) is 1. The highest BCUT2D eigenvalue weighted by atomic mass is 16.5. The van der Waals surface area contributed by atoms with E-state index in [9.17, 15) is 9.59 Å². The predicted molar refractivity (Wildman–Crippen MR) is 116 cm³/mol. The molecule has 3 aromatic rings. The van der Waals surface area contributed by atoms with E-state index in [0.29, 0.717) is 36.5 Å². The largest absolute Gasteiger partial charge is 0.497 e. The van der Waals surface area contributed by atoms with E-state index in [1.807, 2.05) is 30.3 Å². The number of nitrogens with one attached hydrogen (secondary N) is 1. The van der Waals surface area contributed by atoms with Crippen LogP contribution in [0.1, 0.15) is 21.7 Å². The van der Waals surface area contributed by atoms with Gasteiger partial charge in [0.1, 0.15) is 23.9 Å². The normalized spacial score (nSPS) is 12.9. The van der Waals surface area contributed by atoms with E-state index in [2.05, 4.69) is 5.32 Å². The Balaban J connectivity index is 1.44. The maximum absolute atomic E-state index is 12.5. The summed E-state index contributed by atoms with van der Waals surface area (Å²) in [5.41, 5.74) is 3.13. The van der Waals surface area contributed by atoms with Gasteiger partial charge in [0, 0.05) is 49.0 Å². The highest BCUT2D eigenvalue weighted by molar-refractivity contribution is 6.04. The van der Waals surface area contributed by atoms with E-state index >= 15 is 0 Å². The standard InChI is InChI=1S/C24H24N2O5/c1-29-15-23(27)26-11-10-21-18(14-26)13-22(31-21)16-6-8-19(9-7-16)25-24(28)17-4-3-5-20(12-17)30-2/h3-9,12-13H,10-11,14-15H2,1-2H3,(H,25,28). The first-order valence-electron chi connectivity index (χ1n) is 10.0. The molecule has 1 aliphatic rings. The second-order valence-corrected chi connectivity index (χ2v) is 7.32. The third kappa shape index (κ3) is 4.62. The molecule has 7 heteroatoms. The minimum atomic E-state index is -0.207. The predicted octanol–water partition coefficient (Wildman–Crippen LogP) is 3.74. The maximum Gasteiger partial charge on any atom is 0.255 e. The lowest BCUT2D eigenvalue weighted by molar-refractivity contribution is -0.136. The number of ether oxygens (including phenoxy) is 2. The zero-order valence-electron chi connectivity index (χ0n) is 17.5. The molecule has 2 aromatic carbocycles. The van der Waals surface area contributed by atoms with E-state index in [1.54, 1.807) is 36.3 Å². The van der Waals surface area contributed by atoms with Crippen molar-refractivity contribution in [2.24, 2.45) is 0 Å². The van der Waals surface area contributed by atoms with Crippen LogP contribution in [0.15, 0.2) is 59.0 Å². The molecule has 4 rings (SSSR count). The molecule has 2 amide bonds. The molecule has 0 saturated carbocycles. The minimum Gasteiger partial charge on any atom is -0.497 e. The Kier molecular flexibility index (Phi) is 6.04. The van der Waals surface area contributed by atoms with Crippen LogP contribution < -0.4 is 10.1 Å². The lowest BCUT2D eigenvalue weighted by Gasteiger charge is -2.25. The van der Waals surface area contributed by atoms with Crippen LogP contribution in [0.3, 0.4) is 0 Å². The van der Waals surface area contributed by atoms with Crippen molar-refractivity contribution in [2.75, 3.05) is 32.7 Å². The number of furan rings is 1. The fourth-order valence-electron chi connectivity index (χ4n) is 3.59. The summed E-state index contributed by atoms with van der Waals surface area (Å²) in [7, 11) is 3.09. The molecule has 31 heavy (non-hydrogen) atoms. The van der Waals surface area contributed by atoms with E-state index in [0.717, 1.165) is 22.6 Å². The second-order valence-electron chi connectivity index (χ2n) is 7.32. The van der Waals surface area contributed by atoms with Crippen LogP contribution in [0.2, 0.25) is 0 Å². The fourth-order valence-corrected chi connectivity index (χ4v) is 3.59. The molecule has 0 spiro atoms. The highest BCUT2D eigenvalue weighted by Crippen LogP contribution is 2.30. The minimum absolute atomic E-state index is 0.0213. The number of anilines is 1. The second kappa shape index (κ2) is 9.06. The number of fused-ring (bicyclic) bond motifs is 1. The number of benzene rings is 2. The van der Waals surface area contributed by atoms with Gasteiger partial charge in [-0.25, -0.2) is 0 Å². The summed E-state index contributed by atoms with van der Waals surface area (Å²) >= 11 is 0. The van der Waals surface area contributed by atoms with Crippen LogP contribution in [0.4, 0.5) is 5.69 Å². The smallest absolute Gasteiger partial charge is 0.255 e. The van der Waals surface area contributed by atoms with E-state index in [4.69, 9.17) is 13.9 Å². The first-order chi connectivity index (χ1) is 15.1. The average Bonchev–Trinajstić information content (AvgIpc) is 3.23. The Morgan fingerprint density at radius 1 is 1.10 bits per heavy atom. The average molecular weight is 420 g/mol. The van der Waals surface area contributed by atoms with E-state index < -0.39 is 0 Å². The van der Waals surface area contributed by atoms with Crippen molar-refractivity contribution in [1.29, 1.82) is 0 Å². The summed E-state index contributed by atoms with van der Waals surface area (Å²) in [6.45, 7) is 1.23. The van der Waals surface area contributed by atoms with Crippen LogP contribution >= 0.6 is 0 Å². The molecule has 160 valence electrons. The molecule has 1 aliphatic heterocycles. The number of amides is 2. The molecule has 7 nitrogen and oxygen atoms in total. The van der Waals surface area contributed by atoms with Gasteiger partial charge in [-0.1, -0.05) is 6.07 Å². The first-order valence-corrected chi connectivity index (χ1v) is 10.0. The SMILES string of the molecule is COCC(=O)N1CCc2oc(-c3ccc(NC(=O)c4cccc(OC)c4)cc3)cc2C1. The molecule has 0 unspecified atom stereocenters. The van der Waals surface area contributed by atoms with Crippen molar-refractivity contribution < 1.29 is 23.5 Å². The fraction of sp³-hybridized carbons (Fsp3) is 0.250. The number of hydrogen-bond acceptors (Lipinski definition) is 5. The summed E-state index contributed by atoms with van der Waals surface area (Å²) in [5, 5.41) is 2.89. The topological polar surface area (TPSA) is 81.0 Å². The van der Waals surface area contributed by atoms with Crippen molar-refractivity contribution in [2.45, 2.75) is 13.0 Å². The van der Waals surface area contributed by atoms with Gasteiger partial charge in [0.05, 0.1) is 7.11 Å². The summed E-state index contributed by atoms with van der Waals surface area (Å²) in [4.78, 5) is 26.3. The van der Waals surface area contributed by atoms with Gasteiger partial charge < -0.3 is 24.1 Å². The van der Waals surface area contributed by atoms with Crippen LogP contribution in [0.25, 0.3) is 11.3 Å². The van der Waals surface area contributed by atoms with Crippen molar-refractivity contribution in [3.05, 3.63) is 71.5 Å². The molecule has 0 radical (unpaired) electrons. The van der Waals surface area contributed by atoms with Gasteiger partial charge in [-0.2, -0.15) is 0 Å². The molecular formula is C24H24N2O5. The lowest BCUT2D eigenvalue weighted by Crippen LogP contribution is -2.37. The lowest BCUT2D eigenvalue weighted by atomic mass is 10.1. The van der Waals surface area contributed by atoms with Crippen LogP contribution in [-0.2, 0) is 22.5 Å². The maximum atomic E-state index is 12.5. The molecule has 1 aromatic heterocycles. The van der Waals surface area contributed by atoms with Gasteiger partial charge in [-0.15, -0.1) is 0 Å². The van der Waals surface area contributed by atoms with Crippen LogP contribution in [0.5, 0.6) is 5.75 Å². The number of nitrogens with zero attached hydrogens (tertiary/aromatic N) is 1. The van der Waals surface area contributed by atoms with Crippen molar-refractivity contribution in [3.63, 3.8) is 0 Å². The van der Waals surface area contributed by atoms with Crippen molar-refractivity contribution >= 4 is 17.5 Å². The van der Waals surface area contributed by atoms with Crippen molar-refractivity contribution in [3.8, 4) is 17.1 Å². The number of rotatable bonds is 6. The molecule has 0 bridgehead atoms. The van der Waals surface area contributed by atoms with E-state index in [1.165, 1.54) is 7.11 Å². The quantitative estimate of drug-likeness (QED) is 0.657. The van der Waals surface area contributed by atoms with Crippen LogP contribution in [0, 0.1) is 0 Å². The molecule has 0 saturated heterocycles. The molecule has 0 aliphatic carbocycles. The number of carbonyl (C=O) groups excluding carboxylic acids is 2. The van der Waals surface area contributed by atoms with Crippen LogP contribution in [-0.4, -0.2) is 44.1 Å². The van der Waals surface area contributed by atoms with E-state index in [-0.39, 0.29) is 18.4 Å². The zero-order chi connectivity index (χ0) is 21.8. The summed E-state index contributed by atoms with van der Waals surface area (Å²) in [6.07, 6.45) is 0.680. The number of methoxy groups -OCH3 is 2. The summed E-state index contributed by atoms with van der Waals surface area (Å²) in [5.74, 6) is 2.06. The first kappa shape index (κ1) is 20.7. The van der Waals surface area contributed by atoms with Gasteiger partial charge in [0.15, 0.2) is 0 Å². The van der Waals surface area contributed by atoms with Gasteiger partial charge in [-0.3, -0.25) is 9.59 Å². The molecule has 0 atom stereocenters. The number of carbonyl (C=O) groups is 2. The Morgan fingerprint density at radius 2 is 1.90 bits per heavy atom. The Bertz CT molecular complexity index is 1090. The molecule has 2 heterocycles. The summed E-state index contributed by atoms with van der Waals surface area (Å²) < 4.78 is 16.1. The Morgan fingerprint density at radius 3 is 2.65 bits per heavy atom.